The van der Waals surface area contributed by atoms with Crippen LogP contribution in [0.4, 0.5) is 4.79 Å². The number of hydrogen-bond acceptors (Lipinski definition) is 2. The number of hydrogen-bond donors (Lipinski definition) is 0. The van der Waals surface area contributed by atoms with Crippen molar-refractivity contribution in [3.05, 3.63) is 0 Å². The molecule has 0 aromatic rings. The minimum absolute atomic E-state index is 0.327. The van der Waals surface area contributed by atoms with E-state index in [0.717, 1.165) is 12.8 Å². The lowest BCUT2D eigenvalue weighted by Crippen LogP contribution is -2.21. The smallest absolute Gasteiger partial charge is 0.242 e. The summed E-state index contributed by atoms with van der Waals surface area (Å²) in [5, 5.41) is 7.16. The molecule has 1 aliphatic heterocycles. The van der Waals surface area contributed by atoms with Crippen molar-refractivity contribution in [2.75, 3.05) is 0 Å². The molecule has 1 aliphatic carbocycles. The van der Waals surface area contributed by atoms with Gasteiger partial charge in [-0.2, -0.15) is 4.99 Å². The predicted molar refractivity (Wildman–Crippen MR) is 52.4 cm³/mol. The first-order chi connectivity index (χ1) is 6.25. The van der Waals surface area contributed by atoms with Crippen LogP contribution in [0.5, 0.6) is 0 Å². The highest BCUT2D eigenvalue weighted by Crippen LogP contribution is 2.31. The van der Waals surface area contributed by atoms with E-state index < -0.39 is 6.03 Å². The Bertz CT molecular complexity index is 287. The lowest BCUT2D eigenvalue weighted by atomic mass is 9.88. The highest BCUT2D eigenvalue weighted by Gasteiger charge is 2.27. The van der Waals surface area contributed by atoms with Gasteiger partial charge in [-0.3, -0.25) is 0 Å². The van der Waals surface area contributed by atoms with Crippen LogP contribution in [0.15, 0.2) is 15.2 Å². The van der Waals surface area contributed by atoms with E-state index in [1.54, 1.807) is 0 Å². The topological polar surface area (TPSA) is 54.1 Å². The molecule has 4 nitrogen and oxygen atoms in total. The summed E-state index contributed by atoms with van der Waals surface area (Å²) in [6, 6.07) is -0.452. The predicted octanol–water partition coefficient (Wildman–Crippen LogP) is 2.92. The van der Waals surface area contributed by atoms with E-state index in [0.29, 0.717) is 16.6 Å². The first kappa shape index (κ1) is 8.99. The number of rotatable bonds is 1. The lowest BCUT2D eigenvalue weighted by Gasteiger charge is -2.23. The molecule has 2 aliphatic rings. The number of amides is 2. The van der Waals surface area contributed by atoms with Crippen LogP contribution in [0, 0.1) is 5.92 Å². The fourth-order valence-corrected chi connectivity index (χ4v) is 2.55. The number of urea groups is 1. The molecule has 5 heteroatoms. The van der Waals surface area contributed by atoms with E-state index in [-0.39, 0.29) is 0 Å². The quantitative estimate of drug-likeness (QED) is 0.654. The fourth-order valence-electron chi connectivity index (χ4n) is 1.77. The Morgan fingerprint density at radius 3 is 2.77 bits per heavy atom. The first-order valence-electron chi connectivity index (χ1n) is 4.44. The van der Waals surface area contributed by atoms with Gasteiger partial charge in [-0.15, -0.1) is 5.11 Å². The Hall–Kier alpha value is -0.580. The average Bonchev–Trinajstić information content (AvgIpc) is 2.52. The molecule has 2 unspecified atom stereocenters. The second kappa shape index (κ2) is 3.65. The molecule has 0 radical (unpaired) electrons. The van der Waals surface area contributed by atoms with Gasteiger partial charge < -0.3 is 0 Å². The molecule has 0 bridgehead atoms. The van der Waals surface area contributed by atoms with Gasteiger partial charge in [0.15, 0.2) is 5.84 Å². The van der Waals surface area contributed by atoms with Gasteiger partial charge in [-0.25, -0.2) is 4.79 Å². The number of alkyl halides is 1. The van der Waals surface area contributed by atoms with Crippen LogP contribution >= 0.6 is 15.9 Å². The molecule has 0 N–H and O–H groups in total. The van der Waals surface area contributed by atoms with Gasteiger partial charge in [0.2, 0.25) is 0 Å². The minimum atomic E-state index is -0.452. The largest absolute Gasteiger partial charge is 0.387 e. The summed E-state index contributed by atoms with van der Waals surface area (Å²) in [5.41, 5.74) is 0. The zero-order valence-corrected chi connectivity index (χ0v) is 8.70. The number of carbonyl (C=O) groups is 1. The zero-order chi connectivity index (χ0) is 9.26. The highest BCUT2D eigenvalue weighted by molar-refractivity contribution is 9.09. The molecular formula is C8H10BrN3O. The molecule has 1 heterocycles. The maximum atomic E-state index is 10.7. The van der Waals surface area contributed by atoms with Gasteiger partial charge in [-0.1, -0.05) is 27.5 Å². The summed E-state index contributed by atoms with van der Waals surface area (Å²) in [6.45, 7) is 0. The number of halogens is 1. The second-order valence-electron chi connectivity index (χ2n) is 3.41. The van der Waals surface area contributed by atoms with E-state index in [1.165, 1.54) is 12.8 Å². The van der Waals surface area contributed by atoms with E-state index in [4.69, 9.17) is 0 Å². The molecule has 0 aromatic carbocycles. The summed E-state index contributed by atoms with van der Waals surface area (Å²) in [6.07, 6.45) is 4.47. The van der Waals surface area contributed by atoms with Crippen LogP contribution in [0.25, 0.3) is 0 Å². The molecule has 0 saturated heterocycles. The maximum absolute atomic E-state index is 10.7. The number of aliphatic imine (C=N–C) groups is 1. The molecule has 70 valence electrons. The van der Waals surface area contributed by atoms with Crippen molar-refractivity contribution in [3.63, 3.8) is 0 Å². The van der Waals surface area contributed by atoms with E-state index in [1.807, 2.05) is 0 Å². The Morgan fingerprint density at radius 1 is 1.31 bits per heavy atom. The molecule has 1 saturated carbocycles. The van der Waals surface area contributed by atoms with Crippen molar-refractivity contribution in [2.45, 2.75) is 30.5 Å². The van der Waals surface area contributed by atoms with Gasteiger partial charge >= 0.3 is 6.03 Å². The van der Waals surface area contributed by atoms with Crippen molar-refractivity contribution < 1.29 is 4.79 Å². The van der Waals surface area contributed by atoms with Crippen LogP contribution in [0.2, 0.25) is 0 Å². The van der Waals surface area contributed by atoms with Crippen LogP contribution in [-0.4, -0.2) is 16.7 Å². The van der Waals surface area contributed by atoms with E-state index in [9.17, 15) is 4.79 Å². The van der Waals surface area contributed by atoms with Crippen molar-refractivity contribution >= 4 is 27.8 Å². The number of azo groups is 1. The summed E-state index contributed by atoms with van der Waals surface area (Å²) >= 11 is 3.58. The van der Waals surface area contributed by atoms with Crippen molar-refractivity contribution in [1.82, 2.24) is 0 Å². The molecule has 0 spiro atoms. The van der Waals surface area contributed by atoms with Crippen LogP contribution in [-0.2, 0) is 0 Å². The highest BCUT2D eigenvalue weighted by atomic mass is 79.9. The Kier molecular flexibility index (Phi) is 2.53. The van der Waals surface area contributed by atoms with Gasteiger partial charge in [0, 0.05) is 10.7 Å². The third-order valence-corrected chi connectivity index (χ3v) is 3.26. The molecule has 2 rings (SSSR count). The van der Waals surface area contributed by atoms with E-state index >= 15 is 0 Å². The monoisotopic (exact) mass is 243 g/mol. The van der Waals surface area contributed by atoms with Crippen molar-refractivity contribution in [3.8, 4) is 0 Å². The van der Waals surface area contributed by atoms with Gasteiger partial charge in [0.1, 0.15) is 0 Å². The van der Waals surface area contributed by atoms with Gasteiger partial charge in [0.05, 0.1) is 0 Å². The summed E-state index contributed by atoms with van der Waals surface area (Å²) in [5.74, 6) is 0.961. The van der Waals surface area contributed by atoms with Crippen LogP contribution in [0.1, 0.15) is 25.7 Å². The Morgan fingerprint density at radius 2 is 2.15 bits per heavy atom. The van der Waals surface area contributed by atoms with Crippen molar-refractivity contribution in [2.24, 2.45) is 21.1 Å². The molecule has 2 atom stereocenters. The Labute approximate surface area is 84.7 Å². The first-order valence-corrected chi connectivity index (χ1v) is 5.35. The van der Waals surface area contributed by atoms with E-state index in [2.05, 4.69) is 31.2 Å². The average molecular weight is 244 g/mol. The number of carbonyl (C=O) groups excluding carboxylic acids is 1. The molecule has 1 fully saturated rings. The van der Waals surface area contributed by atoms with Crippen molar-refractivity contribution in [1.29, 1.82) is 0 Å². The maximum Gasteiger partial charge on any atom is 0.387 e. The Balaban J connectivity index is 2.05. The summed E-state index contributed by atoms with van der Waals surface area (Å²) in [4.78, 5) is 15.0. The summed E-state index contributed by atoms with van der Waals surface area (Å²) in [7, 11) is 0. The molecular weight excluding hydrogens is 234 g/mol. The third-order valence-electron chi connectivity index (χ3n) is 2.42. The van der Waals surface area contributed by atoms with Gasteiger partial charge in [0.25, 0.3) is 0 Å². The van der Waals surface area contributed by atoms with Crippen LogP contribution < -0.4 is 0 Å². The van der Waals surface area contributed by atoms with Crippen LogP contribution in [0.3, 0.4) is 0 Å². The lowest BCUT2D eigenvalue weighted by molar-refractivity contribution is 0.257. The number of nitrogens with zero attached hydrogens (tertiary/aromatic N) is 3. The molecule has 13 heavy (non-hydrogen) atoms. The SMILES string of the molecule is O=C1N=NC(C2CCCC(Br)C2)=N1. The number of amidine groups is 1. The normalized spacial score (nSPS) is 33.6. The third kappa shape index (κ3) is 2.02. The summed E-state index contributed by atoms with van der Waals surface area (Å²) < 4.78 is 0. The minimum Gasteiger partial charge on any atom is -0.242 e. The molecule has 2 amide bonds. The fraction of sp³-hybridized carbons (Fsp3) is 0.750. The molecule has 0 aromatic heterocycles. The standard InChI is InChI=1S/C8H10BrN3O/c9-6-3-1-2-5(4-6)7-10-8(13)12-11-7/h5-6H,1-4H2. The zero-order valence-electron chi connectivity index (χ0n) is 7.11. The second-order valence-corrected chi connectivity index (χ2v) is 4.71. The van der Waals surface area contributed by atoms with Gasteiger partial charge in [-0.05, 0) is 19.3 Å².